The summed E-state index contributed by atoms with van der Waals surface area (Å²) in [6.07, 6.45) is 0. The van der Waals surface area contributed by atoms with Gasteiger partial charge in [0.2, 0.25) is 26.6 Å². The molecule has 0 atom stereocenters. The maximum Gasteiger partial charge on any atom is 0.238 e. The molecule has 0 spiro atoms. The average molecular weight is 463 g/mol. The van der Waals surface area contributed by atoms with Crippen molar-refractivity contribution in [2.45, 2.75) is 9.92 Å². The van der Waals surface area contributed by atoms with E-state index in [1.165, 1.54) is 48.5 Å². The molecular weight excluding hydrogens is 450 g/mol. The molecule has 0 fully saturated rings. The number of sulfone groups is 1. The maximum absolute atomic E-state index is 13.2. The molecule has 3 aromatic carbocycles. The van der Waals surface area contributed by atoms with E-state index in [0.29, 0.717) is 21.3 Å². The van der Waals surface area contributed by atoms with E-state index in [1.807, 2.05) is 0 Å². The molecule has 9 heteroatoms. The third-order valence-electron chi connectivity index (χ3n) is 4.17. The highest BCUT2D eigenvalue weighted by atomic mass is 35.5. The van der Waals surface area contributed by atoms with Crippen LogP contribution in [0.5, 0.6) is 0 Å². The highest BCUT2D eigenvalue weighted by molar-refractivity contribution is 7.91. The predicted molar refractivity (Wildman–Crippen MR) is 114 cm³/mol. The minimum Gasteiger partial charge on any atom is -0.419 e. The molecule has 1 aromatic heterocycles. The zero-order chi connectivity index (χ0) is 21.3. The number of anilines is 2. The van der Waals surface area contributed by atoms with Crippen LogP contribution >= 0.6 is 23.2 Å². The Balaban J connectivity index is 1.83. The normalized spacial score (nSPS) is 11.4. The van der Waals surface area contributed by atoms with Gasteiger partial charge in [-0.3, -0.25) is 0 Å². The molecule has 0 saturated heterocycles. The van der Waals surface area contributed by atoms with Crippen LogP contribution in [0, 0.1) is 5.82 Å². The first kappa shape index (κ1) is 20.4. The van der Waals surface area contributed by atoms with E-state index < -0.39 is 15.7 Å². The van der Waals surface area contributed by atoms with Crippen LogP contribution in [0.2, 0.25) is 10.0 Å². The Labute approximate surface area is 182 Å². The van der Waals surface area contributed by atoms with E-state index in [4.69, 9.17) is 27.6 Å². The van der Waals surface area contributed by atoms with Crippen molar-refractivity contribution in [2.75, 3.05) is 5.32 Å². The minimum atomic E-state index is -4.04. The van der Waals surface area contributed by atoms with Crippen LogP contribution in [0.3, 0.4) is 0 Å². The number of nitrogens with zero attached hydrogens (tertiary/aromatic N) is 1. The van der Waals surface area contributed by atoms with Crippen molar-refractivity contribution < 1.29 is 17.2 Å². The third-order valence-corrected chi connectivity index (χ3v) is 6.35. The molecule has 30 heavy (non-hydrogen) atoms. The van der Waals surface area contributed by atoms with E-state index in [9.17, 15) is 12.8 Å². The maximum atomic E-state index is 13.2. The summed E-state index contributed by atoms with van der Waals surface area (Å²) in [6, 6.07) is 17.7. The molecule has 0 unspecified atom stereocenters. The van der Waals surface area contributed by atoms with Crippen molar-refractivity contribution in [3.05, 3.63) is 88.7 Å². The monoisotopic (exact) mass is 462 g/mol. The summed E-state index contributed by atoms with van der Waals surface area (Å²) in [4.78, 5) is 4.23. The number of oxazole rings is 1. The summed E-state index contributed by atoms with van der Waals surface area (Å²) >= 11 is 11.8. The Morgan fingerprint density at radius 1 is 0.833 bits per heavy atom. The number of hydrogen-bond donors (Lipinski definition) is 1. The predicted octanol–water partition coefficient (Wildman–Crippen LogP) is 6.36. The van der Waals surface area contributed by atoms with Crippen LogP contribution in [0.15, 0.2) is 87.1 Å². The van der Waals surface area contributed by atoms with Gasteiger partial charge in [0.1, 0.15) is 5.82 Å². The molecule has 0 amide bonds. The van der Waals surface area contributed by atoms with Gasteiger partial charge in [-0.2, -0.15) is 4.98 Å². The van der Waals surface area contributed by atoms with E-state index in [-0.39, 0.29) is 21.7 Å². The highest BCUT2D eigenvalue weighted by Gasteiger charge is 2.28. The fourth-order valence-corrected chi connectivity index (χ4v) is 4.18. The van der Waals surface area contributed by atoms with Gasteiger partial charge >= 0.3 is 0 Å². The quantitative estimate of drug-likeness (QED) is 0.373. The lowest BCUT2D eigenvalue weighted by Gasteiger charge is -2.06. The second-order valence-corrected chi connectivity index (χ2v) is 8.99. The van der Waals surface area contributed by atoms with Crippen LogP contribution in [0.1, 0.15) is 0 Å². The van der Waals surface area contributed by atoms with Gasteiger partial charge in [0.25, 0.3) is 0 Å². The van der Waals surface area contributed by atoms with Gasteiger partial charge in [0, 0.05) is 21.3 Å². The number of benzene rings is 3. The van der Waals surface area contributed by atoms with Gasteiger partial charge in [0.15, 0.2) is 0 Å². The van der Waals surface area contributed by atoms with Crippen LogP contribution in [0.4, 0.5) is 16.0 Å². The number of hydrogen-bond acceptors (Lipinski definition) is 5. The Kier molecular flexibility index (Phi) is 5.51. The third kappa shape index (κ3) is 4.18. The zero-order valence-electron chi connectivity index (χ0n) is 15.1. The summed E-state index contributed by atoms with van der Waals surface area (Å²) < 4.78 is 45.4. The Bertz CT molecular complexity index is 1290. The van der Waals surface area contributed by atoms with Crippen molar-refractivity contribution in [3.63, 3.8) is 0 Å². The van der Waals surface area contributed by atoms with Gasteiger partial charge in [-0.05, 0) is 72.8 Å². The lowest BCUT2D eigenvalue weighted by Crippen LogP contribution is -2.05. The zero-order valence-corrected chi connectivity index (χ0v) is 17.5. The molecule has 0 aliphatic rings. The first-order valence-corrected chi connectivity index (χ1v) is 10.9. The van der Waals surface area contributed by atoms with Gasteiger partial charge in [-0.1, -0.05) is 23.2 Å². The first-order valence-electron chi connectivity index (χ1n) is 8.63. The molecule has 4 aromatic rings. The molecule has 0 radical (unpaired) electrons. The van der Waals surface area contributed by atoms with Crippen molar-refractivity contribution >= 4 is 44.6 Å². The fraction of sp³-hybridized carbons (Fsp3) is 0. The minimum absolute atomic E-state index is 0.00464. The van der Waals surface area contributed by atoms with Crippen molar-refractivity contribution in [3.8, 4) is 11.5 Å². The number of aromatic nitrogens is 1. The van der Waals surface area contributed by atoms with Crippen LogP contribution < -0.4 is 5.32 Å². The smallest absolute Gasteiger partial charge is 0.238 e. The van der Waals surface area contributed by atoms with Crippen molar-refractivity contribution in [1.29, 1.82) is 0 Å². The first-order chi connectivity index (χ1) is 14.3. The molecule has 4 rings (SSSR count). The van der Waals surface area contributed by atoms with Crippen LogP contribution in [-0.4, -0.2) is 13.4 Å². The summed E-state index contributed by atoms with van der Waals surface area (Å²) in [6.45, 7) is 0. The van der Waals surface area contributed by atoms with Crippen molar-refractivity contribution in [2.24, 2.45) is 0 Å². The van der Waals surface area contributed by atoms with Crippen molar-refractivity contribution in [1.82, 2.24) is 4.98 Å². The molecule has 0 aliphatic carbocycles. The molecule has 1 N–H and O–H groups in total. The number of nitrogens with one attached hydrogen (secondary N) is 1. The van der Waals surface area contributed by atoms with Crippen LogP contribution in [0.25, 0.3) is 11.5 Å². The summed E-state index contributed by atoms with van der Waals surface area (Å²) in [7, 11) is -4.04. The standard InChI is InChI=1S/C21H13Cl2FN2O3S/c22-14-3-1-13(2-4-14)19-26-21(30(27,28)18-11-5-15(23)6-12-18)20(29-19)25-17-9-7-16(24)8-10-17/h1-12,25H. The van der Waals surface area contributed by atoms with Gasteiger partial charge in [0.05, 0.1) is 4.90 Å². The fourth-order valence-electron chi connectivity index (χ4n) is 2.67. The number of halogens is 3. The molecule has 0 saturated carbocycles. The molecule has 0 bridgehead atoms. The van der Waals surface area contributed by atoms with E-state index in [1.54, 1.807) is 24.3 Å². The molecule has 0 aliphatic heterocycles. The Hall–Kier alpha value is -2.87. The average Bonchev–Trinajstić information content (AvgIpc) is 3.15. The second kappa shape index (κ2) is 8.10. The largest absolute Gasteiger partial charge is 0.419 e. The Morgan fingerprint density at radius 3 is 2.00 bits per heavy atom. The van der Waals surface area contributed by atoms with Gasteiger partial charge in [-0.25, -0.2) is 12.8 Å². The van der Waals surface area contributed by atoms with E-state index >= 15 is 0 Å². The van der Waals surface area contributed by atoms with Gasteiger partial charge < -0.3 is 9.73 Å². The second-order valence-electron chi connectivity index (χ2n) is 6.25. The number of rotatable bonds is 5. The molecule has 152 valence electrons. The van der Waals surface area contributed by atoms with E-state index in [2.05, 4.69) is 10.3 Å². The molecule has 5 nitrogen and oxygen atoms in total. The Morgan fingerprint density at radius 2 is 1.40 bits per heavy atom. The molecular formula is C21H13Cl2FN2O3S. The SMILES string of the molecule is O=S(=O)(c1ccc(Cl)cc1)c1nc(-c2ccc(Cl)cc2)oc1Nc1ccc(F)cc1. The lowest BCUT2D eigenvalue weighted by atomic mass is 10.2. The summed E-state index contributed by atoms with van der Waals surface area (Å²) in [5.41, 5.74) is 0.974. The topological polar surface area (TPSA) is 72.2 Å². The highest BCUT2D eigenvalue weighted by Crippen LogP contribution is 2.34. The van der Waals surface area contributed by atoms with Gasteiger partial charge in [-0.15, -0.1) is 0 Å². The van der Waals surface area contributed by atoms with Crippen LogP contribution in [-0.2, 0) is 9.84 Å². The summed E-state index contributed by atoms with van der Waals surface area (Å²) in [5.74, 6) is -0.431. The lowest BCUT2D eigenvalue weighted by molar-refractivity contribution is 0.581. The molecule has 1 heterocycles. The van der Waals surface area contributed by atoms with E-state index in [0.717, 1.165) is 0 Å². The summed E-state index contributed by atoms with van der Waals surface area (Å²) in [5, 5.41) is 3.48.